The fourth-order valence-corrected chi connectivity index (χ4v) is 2.76. The molecule has 2 atom stereocenters. The standard InChI is InChI=1S/C14H23NS/c1-5-12(3)15(13(4)6-2)16-14-10-8-7-9-11-14/h7-13H,5-6H2,1-4H3. The lowest BCUT2D eigenvalue weighted by atomic mass is 10.2. The lowest BCUT2D eigenvalue weighted by Gasteiger charge is -2.32. The summed E-state index contributed by atoms with van der Waals surface area (Å²) in [4.78, 5) is 1.34. The molecule has 0 aliphatic rings. The molecule has 2 unspecified atom stereocenters. The fourth-order valence-electron chi connectivity index (χ4n) is 1.58. The first-order chi connectivity index (χ1) is 7.69. The Hall–Kier alpha value is -0.470. The van der Waals surface area contributed by atoms with Gasteiger partial charge in [0.2, 0.25) is 0 Å². The minimum atomic E-state index is 0.625. The van der Waals surface area contributed by atoms with Gasteiger partial charge in [-0.1, -0.05) is 32.0 Å². The largest absolute Gasteiger partial charge is 0.241 e. The Morgan fingerprint density at radius 3 is 1.94 bits per heavy atom. The third-order valence-electron chi connectivity index (χ3n) is 3.00. The maximum absolute atomic E-state index is 2.52. The molecule has 1 nitrogen and oxygen atoms in total. The van der Waals surface area contributed by atoms with Crippen molar-refractivity contribution in [2.75, 3.05) is 0 Å². The van der Waals surface area contributed by atoms with E-state index in [1.54, 1.807) is 0 Å². The Bertz CT molecular complexity index is 276. The van der Waals surface area contributed by atoms with Crippen LogP contribution in [0.3, 0.4) is 0 Å². The van der Waals surface area contributed by atoms with Crippen LogP contribution in [0.5, 0.6) is 0 Å². The van der Waals surface area contributed by atoms with Gasteiger partial charge in [-0.05, 0) is 50.8 Å². The Morgan fingerprint density at radius 1 is 1.00 bits per heavy atom. The number of benzene rings is 1. The van der Waals surface area contributed by atoms with Crippen molar-refractivity contribution in [1.82, 2.24) is 4.31 Å². The van der Waals surface area contributed by atoms with Gasteiger partial charge in [0.25, 0.3) is 0 Å². The van der Waals surface area contributed by atoms with Crippen LogP contribution in [0.4, 0.5) is 0 Å². The monoisotopic (exact) mass is 237 g/mol. The average Bonchev–Trinajstić information content (AvgIpc) is 2.35. The SMILES string of the molecule is CCC(C)N(Sc1ccccc1)C(C)CC. The fraction of sp³-hybridized carbons (Fsp3) is 0.571. The molecule has 16 heavy (non-hydrogen) atoms. The number of nitrogens with zero attached hydrogens (tertiary/aromatic N) is 1. The van der Waals surface area contributed by atoms with E-state index in [2.05, 4.69) is 62.3 Å². The van der Waals surface area contributed by atoms with E-state index in [1.807, 2.05) is 11.9 Å². The normalized spacial score (nSPS) is 15.1. The molecule has 2 heteroatoms. The highest BCUT2D eigenvalue weighted by Crippen LogP contribution is 2.28. The van der Waals surface area contributed by atoms with Crippen LogP contribution in [0, 0.1) is 0 Å². The summed E-state index contributed by atoms with van der Waals surface area (Å²) in [6, 6.07) is 11.9. The molecular weight excluding hydrogens is 214 g/mol. The highest BCUT2D eigenvalue weighted by atomic mass is 32.2. The molecule has 0 aliphatic carbocycles. The molecule has 0 spiro atoms. The van der Waals surface area contributed by atoms with Gasteiger partial charge in [0.15, 0.2) is 0 Å². The van der Waals surface area contributed by atoms with E-state index in [1.165, 1.54) is 17.7 Å². The van der Waals surface area contributed by atoms with Gasteiger partial charge in [0, 0.05) is 17.0 Å². The Kier molecular flexibility index (Phi) is 5.93. The molecule has 0 fully saturated rings. The van der Waals surface area contributed by atoms with E-state index in [9.17, 15) is 0 Å². The van der Waals surface area contributed by atoms with Crippen LogP contribution in [0.25, 0.3) is 0 Å². The van der Waals surface area contributed by atoms with Crippen molar-refractivity contribution in [2.24, 2.45) is 0 Å². The summed E-state index contributed by atoms with van der Waals surface area (Å²) < 4.78 is 2.52. The minimum Gasteiger partial charge on any atom is -0.241 e. The third-order valence-corrected chi connectivity index (χ3v) is 4.42. The van der Waals surface area contributed by atoms with E-state index in [0.29, 0.717) is 12.1 Å². The van der Waals surface area contributed by atoms with Crippen LogP contribution >= 0.6 is 11.9 Å². The predicted octanol–water partition coefficient (Wildman–Crippen LogP) is 4.59. The van der Waals surface area contributed by atoms with Crippen molar-refractivity contribution in [3.63, 3.8) is 0 Å². The summed E-state index contributed by atoms with van der Waals surface area (Å²) in [6.07, 6.45) is 2.40. The second-order valence-corrected chi connectivity index (χ2v) is 5.35. The maximum Gasteiger partial charge on any atom is 0.0230 e. The quantitative estimate of drug-likeness (QED) is 0.666. The lowest BCUT2D eigenvalue weighted by Crippen LogP contribution is -2.33. The number of hydrogen-bond donors (Lipinski definition) is 0. The first kappa shape index (κ1) is 13.6. The van der Waals surface area contributed by atoms with Gasteiger partial charge in [-0.25, -0.2) is 4.31 Å². The first-order valence-corrected chi connectivity index (χ1v) is 6.97. The van der Waals surface area contributed by atoms with Gasteiger partial charge in [0.05, 0.1) is 0 Å². The second-order valence-electron chi connectivity index (χ2n) is 4.28. The van der Waals surface area contributed by atoms with Gasteiger partial charge in [-0.3, -0.25) is 0 Å². The molecule has 1 aromatic rings. The van der Waals surface area contributed by atoms with Gasteiger partial charge >= 0.3 is 0 Å². The molecule has 1 rings (SSSR count). The highest BCUT2D eigenvalue weighted by Gasteiger charge is 2.18. The molecule has 0 aliphatic heterocycles. The predicted molar refractivity (Wildman–Crippen MR) is 73.6 cm³/mol. The molecule has 0 saturated carbocycles. The van der Waals surface area contributed by atoms with Gasteiger partial charge < -0.3 is 0 Å². The molecule has 0 aromatic heterocycles. The van der Waals surface area contributed by atoms with Crippen LogP contribution in [-0.2, 0) is 0 Å². The van der Waals surface area contributed by atoms with Crippen LogP contribution in [0.15, 0.2) is 35.2 Å². The average molecular weight is 237 g/mol. The molecule has 0 bridgehead atoms. The molecule has 0 radical (unpaired) electrons. The zero-order valence-electron chi connectivity index (χ0n) is 10.8. The maximum atomic E-state index is 2.52. The Morgan fingerprint density at radius 2 is 1.50 bits per heavy atom. The lowest BCUT2D eigenvalue weighted by molar-refractivity contribution is 0.289. The van der Waals surface area contributed by atoms with E-state index in [-0.39, 0.29) is 0 Å². The summed E-state index contributed by atoms with van der Waals surface area (Å²) in [6.45, 7) is 9.13. The van der Waals surface area contributed by atoms with Crippen molar-refractivity contribution in [3.05, 3.63) is 30.3 Å². The molecular formula is C14H23NS. The molecule has 0 amide bonds. The van der Waals surface area contributed by atoms with Crippen LogP contribution in [-0.4, -0.2) is 16.4 Å². The third kappa shape index (κ3) is 3.84. The molecule has 1 aromatic carbocycles. The number of hydrogen-bond acceptors (Lipinski definition) is 2. The summed E-state index contributed by atoms with van der Waals surface area (Å²) in [5.74, 6) is 0. The summed E-state index contributed by atoms with van der Waals surface area (Å²) in [5, 5.41) is 0. The Labute approximate surface area is 104 Å². The van der Waals surface area contributed by atoms with E-state index in [0.717, 1.165) is 0 Å². The zero-order chi connectivity index (χ0) is 12.0. The molecule has 0 heterocycles. The molecule has 0 N–H and O–H groups in total. The summed E-state index contributed by atoms with van der Waals surface area (Å²) in [5.41, 5.74) is 0. The van der Waals surface area contributed by atoms with E-state index >= 15 is 0 Å². The van der Waals surface area contributed by atoms with Crippen molar-refractivity contribution >= 4 is 11.9 Å². The van der Waals surface area contributed by atoms with Gasteiger partial charge in [-0.2, -0.15) is 0 Å². The Balaban J connectivity index is 2.71. The van der Waals surface area contributed by atoms with Crippen molar-refractivity contribution < 1.29 is 0 Å². The first-order valence-electron chi connectivity index (χ1n) is 6.20. The van der Waals surface area contributed by atoms with Crippen LogP contribution < -0.4 is 0 Å². The van der Waals surface area contributed by atoms with Crippen LogP contribution in [0.2, 0.25) is 0 Å². The summed E-state index contributed by atoms with van der Waals surface area (Å²) in [7, 11) is 0. The smallest absolute Gasteiger partial charge is 0.0230 e. The van der Waals surface area contributed by atoms with Crippen molar-refractivity contribution in [1.29, 1.82) is 0 Å². The minimum absolute atomic E-state index is 0.625. The van der Waals surface area contributed by atoms with Crippen LogP contribution in [0.1, 0.15) is 40.5 Å². The van der Waals surface area contributed by atoms with E-state index in [4.69, 9.17) is 0 Å². The van der Waals surface area contributed by atoms with Gasteiger partial charge in [0.1, 0.15) is 0 Å². The number of rotatable bonds is 6. The molecule has 0 saturated heterocycles. The summed E-state index contributed by atoms with van der Waals surface area (Å²) >= 11 is 1.89. The van der Waals surface area contributed by atoms with Crippen molar-refractivity contribution in [3.8, 4) is 0 Å². The van der Waals surface area contributed by atoms with E-state index < -0.39 is 0 Å². The zero-order valence-corrected chi connectivity index (χ0v) is 11.6. The highest BCUT2D eigenvalue weighted by molar-refractivity contribution is 7.97. The topological polar surface area (TPSA) is 3.24 Å². The second kappa shape index (κ2) is 6.97. The molecule has 90 valence electrons. The van der Waals surface area contributed by atoms with Gasteiger partial charge in [-0.15, -0.1) is 0 Å². The van der Waals surface area contributed by atoms with Crippen molar-refractivity contribution in [2.45, 2.75) is 57.5 Å².